The summed E-state index contributed by atoms with van der Waals surface area (Å²) >= 11 is 0. The molecule has 0 atom stereocenters. The van der Waals surface area contributed by atoms with E-state index in [1.807, 2.05) is 49.4 Å². The van der Waals surface area contributed by atoms with E-state index in [9.17, 15) is 4.79 Å². The zero-order chi connectivity index (χ0) is 14.8. The van der Waals surface area contributed by atoms with Crippen LogP contribution in [0.25, 0.3) is 10.8 Å². The van der Waals surface area contributed by atoms with Gasteiger partial charge in [0.05, 0.1) is 5.56 Å². The number of aromatic nitrogens is 1. The van der Waals surface area contributed by atoms with Crippen molar-refractivity contribution in [2.24, 2.45) is 0 Å². The molecule has 4 heteroatoms. The fourth-order valence-electron chi connectivity index (χ4n) is 2.25. The van der Waals surface area contributed by atoms with Gasteiger partial charge in [-0.2, -0.15) is 0 Å². The number of hydrogen-bond donors (Lipinski definition) is 2. The summed E-state index contributed by atoms with van der Waals surface area (Å²) in [5.74, 6) is 0.301. The molecule has 0 fully saturated rings. The average Bonchev–Trinajstić information content (AvgIpc) is 2.49. The summed E-state index contributed by atoms with van der Waals surface area (Å²) in [4.78, 5) is 16.6. The summed E-state index contributed by atoms with van der Waals surface area (Å²) in [5.41, 5.74) is 7.82. The Hall–Kier alpha value is -2.88. The van der Waals surface area contributed by atoms with Crippen molar-refractivity contribution < 1.29 is 4.79 Å². The zero-order valence-electron chi connectivity index (χ0n) is 11.6. The zero-order valence-corrected chi connectivity index (χ0v) is 11.6. The molecule has 104 valence electrons. The number of aryl methyl sites for hydroxylation is 1. The number of nitrogens with two attached hydrogens (primary N) is 1. The molecule has 0 unspecified atom stereocenters. The molecular weight excluding hydrogens is 262 g/mol. The van der Waals surface area contributed by atoms with Crippen LogP contribution in [0, 0.1) is 6.92 Å². The van der Waals surface area contributed by atoms with E-state index < -0.39 is 0 Å². The molecule has 1 aromatic heterocycles. The van der Waals surface area contributed by atoms with Gasteiger partial charge in [-0.3, -0.25) is 4.79 Å². The third-order valence-electron chi connectivity index (χ3n) is 3.40. The van der Waals surface area contributed by atoms with Gasteiger partial charge in [0.2, 0.25) is 0 Å². The lowest BCUT2D eigenvalue weighted by atomic mass is 10.0. The number of nitrogen functional groups attached to an aromatic ring is 1. The van der Waals surface area contributed by atoms with Gasteiger partial charge in [0.15, 0.2) is 0 Å². The van der Waals surface area contributed by atoms with E-state index in [0.717, 1.165) is 16.3 Å². The molecule has 0 aliphatic carbocycles. The minimum Gasteiger partial charge on any atom is -0.398 e. The number of nitrogens with zero attached hydrogens (tertiary/aromatic N) is 1. The van der Waals surface area contributed by atoms with E-state index in [4.69, 9.17) is 5.73 Å². The standard InChI is InChI=1S/C17H15N3O/c1-11-5-4-8-19-16(11)20-17(21)14-9-12-6-2-3-7-13(12)10-15(14)18/h2-10H,18H2,1H3,(H,19,20,21). The van der Waals surface area contributed by atoms with E-state index in [0.29, 0.717) is 17.1 Å². The number of fused-ring (bicyclic) bond motifs is 1. The van der Waals surface area contributed by atoms with Gasteiger partial charge in [0, 0.05) is 11.9 Å². The highest BCUT2D eigenvalue weighted by molar-refractivity contribution is 6.10. The van der Waals surface area contributed by atoms with Crippen LogP contribution in [0.1, 0.15) is 15.9 Å². The van der Waals surface area contributed by atoms with E-state index in [1.165, 1.54) is 0 Å². The van der Waals surface area contributed by atoms with Crippen molar-refractivity contribution in [1.29, 1.82) is 0 Å². The summed E-state index contributed by atoms with van der Waals surface area (Å²) in [5, 5.41) is 4.80. The second-order valence-electron chi connectivity index (χ2n) is 4.91. The summed E-state index contributed by atoms with van der Waals surface area (Å²) in [7, 11) is 0. The molecule has 0 aliphatic rings. The first kappa shape index (κ1) is 13.1. The number of carbonyl (C=O) groups is 1. The van der Waals surface area contributed by atoms with Crippen molar-refractivity contribution in [2.75, 3.05) is 11.1 Å². The van der Waals surface area contributed by atoms with Gasteiger partial charge in [0.25, 0.3) is 5.91 Å². The molecule has 1 amide bonds. The molecule has 0 spiro atoms. The van der Waals surface area contributed by atoms with Crippen molar-refractivity contribution in [1.82, 2.24) is 4.98 Å². The van der Waals surface area contributed by atoms with Crippen molar-refractivity contribution in [3.05, 3.63) is 65.9 Å². The van der Waals surface area contributed by atoms with Gasteiger partial charge in [-0.15, -0.1) is 0 Å². The Labute approximate surface area is 122 Å². The molecule has 0 radical (unpaired) electrons. The number of benzene rings is 2. The SMILES string of the molecule is Cc1cccnc1NC(=O)c1cc2ccccc2cc1N. The van der Waals surface area contributed by atoms with Crippen molar-refractivity contribution in [3.63, 3.8) is 0 Å². The molecule has 3 aromatic rings. The molecular formula is C17H15N3O. The maximum Gasteiger partial charge on any atom is 0.258 e. The van der Waals surface area contributed by atoms with Gasteiger partial charge < -0.3 is 11.1 Å². The Morgan fingerprint density at radius 1 is 1.10 bits per heavy atom. The number of anilines is 2. The van der Waals surface area contributed by atoms with E-state index >= 15 is 0 Å². The molecule has 0 saturated carbocycles. The summed E-state index contributed by atoms with van der Waals surface area (Å²) < 4.78 is 0. The lowest BCUT2D eigenvalue weighted by Gasteiger charge is -2.10. The minimum atomic E-state index is -0.250. The van der Waals surface area contributed by atoms with Gasteiger partial charge in [0.1, 0.15) is 5.82 Å². The highest BCUT2D eigenvalue weighted by atomic mass is 16.1. The maximum absolute atomic E-state index is 12.4. The van der Waals surface area contributed by atoms with Crippen LogP contribution < -0.4 is 11.1 Å². The fraction of sp³-hybridized carbons (Fsp3) is 0.0588. The number of amides is 1. The van der Waals surface area contributed by atoms with Gasteiger partial charge in [-0.25, -0.2) is 4.98 Å². The number of rotatable bonds is 2. The third-order valence-corrected chi connectivity index (χ3v) is 3.40. The largest absolute Gasteiger partial charge is 0.398 e. The monoisotopic (exact) mass is 277 g/mol. The van der Waals surface area contributed by atoms with Crippen molar-refractivity contribution in [2.45, 2.75) is 6.92 Å². The second-order valence-corrected chi connectivity index (χ2v) is 4.91. The molecule has 0 aliphatic heterocycles. The quantitative estimate of drug-likeness (QED) is 0.706. The van der Waals surface area contributed by atoms with Gasteiger partial charge in [-0.1, -0.05) is 30.3 Å². The maximum atomic E-state index is 12.4. The Balaban J connectivity index is 1.98. The van der Waals surface area contributed by atoms with E-state index in [2.05, 4.69) is 10.3 Å². The molecule has 3 N–H and O–H groups in total. The molecule has 0 saturated heterocycles. The lowest BCUT2D eigenvalue weighted by Crippen LogP contribution is -2.15. The minimum absolute atomic E-state index is 0.250. The number of nitrogens with one attached hydrogen (secondary N) is 1. The summed E-state index contributed by atoms with van der Waals surface area (Å²) in [6.45, 7) is 1.90. The van der Waals surface area contributed by atoms with Gasteiger partial charge >= 0.3 is 0 Å². The van der Waals surface area contributed by atoms with Crippen LogP contribution in [0.5, 0.6) is 0 Å². The fourth-order valence-corrected chi connectivity index (χ4v) is 2.25. The highest BCUT2D eigenvalue weighted by Gasteiger charge is 2.12. The van der Waals surface area contributed by atoms with Crippen LogP contribution >= 0.6 is 0 Å². The lowest BCUT2D eigenvalue weighted by molar-refractivity contribution is 0.102. The Morgan fingerprint density at radius 3 is 2.52 bits per heavy atom. The number of hydrogen-bond acceptors (Lipinski definition) is 3. The number of carbonyl (C=O) groups excluding carboxylic acids is 1. The number of pyridine rings is 1. The first-order valence-electron chi connectivity index (χ1n) is 6.66. The van der Waals surface area contributed by atoms with E-state index in [1.54, 1.807) is 12.3 Å². The molecule has 2 aromatic carbocycles. The topological polar surface area (TPSA) is 68.0 Å². The smallest absolute Gasteiger partial charge is 0.258 e. The predicted octanol–water partition coefficient (Wildman–Crippen LogP) is 3.38. The Bertz CT molecular complexity index is 827. The van der Waals surface area contributed by atoms with Crippen LogP contribution in [0.15, 0.2) is 54.7 Å². The summed E-state index contributed by atoms with van der Waals surface area (Å²) in [6.07, 6.45) is 1.65. The Morgan fingerprint density at radius 2 is 1.81 bits per heavy atom. The first-order chi connectivity index (χ1) is 10.1. The van der Waals surface area contributed by atoms with Crippen molar-refractivity contribution in [3.8, 4) is 0 Å². The molecule has 1 heterocycles. The van der Waals surface area contributed by atoms with Crippen LogP contribution in [-0.2, 0) is 0 Å². The molecule has 21 heavy (non-hydrogen) atoms. The van der Waals surface area contributed by atoms with Gasteiger partial charge in [-0.05, 0) is 41.5 Å². The van der Waals surface area contributed by atoms with Crippen LogP contribution in [0.4, 0.5) is 11.5 Å². The Kier molecular flexibility index (Phi) is 3.28. The van der Waals surface area contributed by atoms with Crippen LogP contribution in [0.2, 0.25) is 0 Å². The molecule has 3 rings (SSSR count). The first-order valence-corrected chi connectivity index (χ1v) is 6.66. The normalized spacial score (nSPS) is 10.5. The second kappa shape index (κ2) is 5.25. The summed E-state index contributed by atoms with van der Waals surface area (Å²) in [6, 6.07) is 15.1. The van der Waals surface area contributed by atoms with Crippen LogP contribution in [-0.4, -0.2) is 10.9 Å². The predicted molar refractivity (Wildman–Crippen MR) is 85.3 cm³/mol. The van der Waals surface area contributed by atoms with Crippen LogP contribution in [0.3, 0.4) is 0 Å². The third kappa shape index (κ3) is 2.56. The molecule has 4 nitrogen and oxygen atoms in total. The average molecular weight is 277 g/mol. The highest BCUT2D eigenvalue weighted by Crippen LogP contribution is 2.23. The van der Waals surface area contributed by atoms with Crippen molar-refractivity contribution >= 4 is 28.2 Å². The molecule has 0 bridgehead atoms. The van der Waals surface area contributed by atoms with E-state index in [-0.39, 0.29) is 5.91 Å².